The quantitative estimate of drug-likeness (QED) is 0.279. The molecular weight excluding hydrogens is 432 g/mol. The Balaban J connectivity index is 1.36. The largest absolute Gasteiger partial charge is 0.488 e. The minimum atomic E-state index is -0.276. The summed E-state index contributed by atoms with van der Waals surface area (Å²) in [6, 6.07) is 19.7. The molecule has 0 aliphatic heterocycles. The van der Waals surface area contributed by atoms with Gasteiger partial charge >= 0.3 is 0 Å². The van der Waals surface area contributed by atoms with E-state index in [0.29, 0.717) is 46.7 Å². The maximum atomic E-state index is 12.4. The minimum absolute atomic E-state index is 0.253. The normalized spacial score (nSPS) is 10.2. The van der Waals surface area contributed by atoms with Crippen LogP contribution in [0.4, 0.5) is 23.3 Å². The van der Waals surface area contributed by atoms with Crippen LogP contribution in [0.1, 0.15) is 21.6 Å². The molecule has 4 N–H and O–H groups in total. The number of pyridine rings is 2. The van der Waals surface area contributed by atoms with Crippen LogP contribution in [0.25, 0.3) is 0 Å². The zero-order chi connectivity index (χ0) is 23.8. The summed E-state index contributed by atoms with van der Waals surface area (Å²) < 4.78 is 5.82. The number of hydrogen-bond acceptors (Lipinski definition) is 8. The number of nitrogens with zero attached hydrogens (tertiary/aromatic N) is 4. The van der Waals surface area contributed by atoms with E-state index in [9.17, 15) is 10.1 Å². The molecule has 3 heterocycles. The SMILES string of the molecule is Cc1cc(Nc2ccc(C#N)c(NCCOc3cccnc3NC(=O)c3ccccc3)n2)n[nH]1. The summed E-state index contributed by atoms with van der Waals surface area (Å²) in [5.74, 6) is 2.09. The number of ether oxygens (including phenoxy) is 1. The van der Waals surface area contributed by atoms with Crippen molar-refractivity contribution in [1.82, 2.24) is 20.2 Å². The first-order valence-electron chi connectivity index (χ1n) is 10.5. The number of nitrogens with one attached hydrogen (secondary N) is 4. The lowest BCUT2D eigenvalue weighted by molar-refractivity contribution is 0.102. The first-order valence-corrected chi connectivity index (χ1v) is 10.5. The van der Waals surface area contributed by atoms with Gasteiger partial charge in [0.1, 0.15) is 24.3 Å². The number of H-pyrrole nitrogens is 1. The number of rotatable bonds is 9. The van der Waals surface area contributed by atoms with E-state index in [1.54, 1.807) is 54.7 Å². The topological polar surface area (TPSA) is 141 Å². The van der Waals surface area contributed by atoms with Crippen molar-refractivity contribution in [3.8, 4) is 11.8 Å². The van der Waals surface area contributed by atoms with Crippen LogP contribution in [0, 0.1) is 18.3 Å². The molecule has 0 unspecified atom stereocenters. The molecule has 0 radical (unpaired) electrons. The Morgan fingerprint density at radius 3 is 2.71 bits per heavy atom. The second-order valence-electron chi connectivity index (χ2n) is 7.21. The van der Waals surface area contributed by atoms with Gasteiger partial charge in [-0.3, -0.25) is 9.89 Å². The fourth-order valence-corrected chi connectivity index (χ4v) is 3.07. The van der Waals surface area contributed by atoms with Crippen molar-refractivity contribution >= 4 is 29.2 Å². The second-order valence-corrected chi connectivity index (χ2v) is 7.21. The van der Waals surface area contributed by atoms with Crippen molar-refractivity contribution in [2.75, 3.05) is 29.1 Å². The lowest BCUT2D eigenvalue weighted by Crippen LogP contribution is -2.16. The van der Waals surface area contributed by atoms with E-state index < -0.39 is 0 Å². The van der Waals surface area contributed by atoms with Crippen LogP contribution in [0.2, 0.25) is 0 Å². The summed E-state index contributed by atoms with van der Waals surface area (Å²) >= 11 is 0. The average Bonchev–Trinajstić information content (AvgIpc) is 3.27. The molecule has 1 amide bonds. The van der Waals surface area contributed by atoms with Crippen LogP contribution in [0.5, 0.6) is 5.75 Å². The Morgan fingerprint density at radius 1 is 1.09 bits per heavy atom. The molecular formula is C24H22N8O2. The number of aromatic nitrogens is 4. The van der Waals surface area contributed by atoms with Gasteiger partial charge in [0, 0.05) is 23.5 Å². The van der Waals surface area contributed by atoms with Gasteiger partial charge in [0.25, 0.3) is 5.91 Å². The van der Waals surface area contributed by atoms with Gasteiger partial charge in [0.05, 0.1) is 12.1 Å². The summed E-state index contributed by atoms with van der Waals surface area (Å²) in [4.78, 5) is 21.1. The maximum Gasteiger partial charge on any atom is 0.256 e. The zero-order valence-electron chi connectivity index (χ0n) is 18.4. The van der Waals surface area contributed by atoms with E-state index in [4.69, 9.17) is 4.74 Å². The fraction of sp³-hybridized carbons (Fsp3) is 0.125. The van der Waals surface area contributed by atoms with Gasteiger partial charge < -0.3 is 20.7 Å². The number of amides is 1. The Hall–Kier alpha value is -4.91. The molecule has 0 atom stereocenters. The Bertz CT molecular complexity index is 1310. The highest BCUT2D eigenvalue weighted by Gasteiger charge is 2.11. The molecule has 0 aliphatic rings. The van der Waals surface area contributed by atoms with E-state index in [0.717, 1.165) is 5.69 Å². The predicted octanol–water partition coefficient (Wildman–Crippen LogP) is 3.87. The molecule has 0 fully saturated rings. The van der Waals surface area contributed by atoms with Crippen LogP contribution in [0.15, 0.2) is 66.9 Å². The number of aromatic amines is 1. The summed E-state index contributed by atoms with van der Waals surface area (Å²) in [7, 11) is 0. The molecule has 10 heteroatoms. The van der Waals surface area contributed by atoms with Crippen LogP contribution >= 0.6 is 0 Å². The molecule has 4 aromatic rings. The highest BCUT2D eigenvalue weighted by molar-refractivity contribution is 6.04. The Kier molecular flexibility index (Phi) is 6.95. The van der Waals surface area contributed by atoms with Crippen molar-refractivity contribution in [3.63, 3.8) is 0 Å². The van der Waals surface area contributed by atoms with Crippen molar-refractivity contribution in [2.45, 2.75) is 6.92 Å². The molecule has 0 bridgehead atoms. The average molecular weight is 454 g/mol. The Morgan fingerprint density at radius 2 is 1.94 bits per heavy atom. The molecule has 0 saturated heterocycles. The van der Waals surface area contributed by atoms with E-state index >= 15 is 0 Å². The van der Waals surface area contributed by atoms with Gasteiger partial charge in [-0.05, 0) is 43.3 Å². The lowest BCUT2D eigenvalue weighted by Gasteiger charge is -2.13. The lowest BCUT2D eigenvalue weighted by atomic mass is 10.2. The fourth-order valence-electron chi connectivity index (χ4n) is 3.07. The number of benzene rings is 1. The number of carbonyl (C=O) groups excluding carboxylic acids is 1. The van der Waals surface area contributed by atoms with E-state index in [2.05, 4.69) is 42.2 Å². The third-order valence-electron chi connectivity index (χ3n) is 4.67. The third-order valence-corrected chi connectivity index (χ3v) is 4.67. The van der Waals surface area contributed by atoms with E-state index in [1.807, 2.05) is 19.1 Å². The molecule has 4 rings (SSSR count). The van der Waals surface area contributed by atoms with Crippen molar-refractivity contribution in [3.05, 3.63) is 83.7 Å². The van der Waals surface area contributed by atoms with E-state index in [-0.39, 0.29) is 12.5 Å². The number of hydrogen-bond donors (Lipinski definition) is 4. The highest BCUT2D eigenvalue weighted by Crippen LogP contribution is 2.22. The van der Waals surface area contributed by atoms with Gasteiger partial charge in [-0.15, -0.1) is 0 Å². The standard InChI is InChI=1S/C24H22N8O2/c1-16-14-21(32-31-16)28-20-10-9-18(15-25)22(29-20)27-12-13-34-19-8-5-11-26-23(19)30-24(33)17-6-3-2-4-7-17/h2-11,14H,12-13H2,1H3,(H,26,30,33)(H3,27,28,29,31,32). The predicted molar refractivity (Wildman–Crippen MR) is 128 cm³/mol. The molecule has 0 saturated carbocycles. The molecule has 10 nitrogen and oxygen atoms in total. The maximum absolute atomic E-state index is 12.4. The van der Waals surface area contributed by atoms with Crippen LogP contribution in [0.3, 0.4) is 0 Å². The van der Waals surface area contributed by atoms with E-state index in [1.165, 1.54) is 0 Å². The summed E-state index contributed by atoms with van der Waals surface area (Å²) in [5, 5.41) is 25.4. The van der Waals surface area contributed by atoms with Gasteiger partial charge in [0.2, 0.25) is 0 Å². The number of carbonyl (C=O) groups is 1. The molecule has 1 aromatic carbocycles. The third kappa shape index (κ3) is 5.66. The molecule has 0 aliphatic carbocycles. The number of nitriles is 1. The molecule has 0 spiro atoms. The van der Waals surface area contributed by atoms with Gasteiger partial charge in [-0.2, -0.15) is 10.4 Å². The van der Waals surface area contributed by atoms with Gasteiger partial charge in [0.15, 0.2) is 17.4 Å². The van der Waals surface area contributed by atoms with Gasteiger partial charge in [-0.25, -0.2) is 9.97 Å². The van der Waals surface area contributed by atoms with Crippen LogP contribution < -0.4 is 20.7 Å². The minimum Gasteiger partial charge on any atom is -0.488 e. The van der Waals surface area contributed by atoms with Crippen LogP contribution in [-0.2, 0) is 0 Å². The van der Waals surface area contributed by atoms with Gasteiger partial charge in [-0.1, -0.05) is 18.2 Å². The number of aryl methyl sites for hydroxylation is 1. The first kappa shape index (κ1) is 22.3. The van der Waals surface area contributed by atoms with Crippen molar-refractivity contribution < 1.29 is 9.53 Å². The Labute approximate surface area is 196 Å². The highest BCUT2D eigenvalue weighted by atomic mass is 16.5. The smallest absolute Gasteiger partial charge is 0.256 e. The number of anilines is 4. The monoisotopic (exact) mass is 454 g/mol. The zero-order valence-corrected chi connectivity index (χ0v) is 18.4. The molecule has 170 valence electrons. The summed E-state index contributed by atoms with van der Waals surface area (Å²) in [5.41, 5.74) is 1.84. The molecule has 3 aromatic heterocycles. The first-order chi connectivity index (χ1) is 16.6. The summed E-state index contributed by atoms with van der Waals surface area (Å²) in [6.07, 6.45) is 1.58. The van der Waals surface area contributed by atoms with Crippen molar-refractivity contribution in [2.24, 2.45) is 0 Å². The van der Waals surface area contributed by atoms with Crippen LogP contribution in [-0.4, -0.2) is 39.2 Å². The van der Waals surface area contributed by atoms with Crippen molar-refractivity contribution in [1.29, 1.82) is 5.26 Å². The molecule has 34 heavy (non-hydrogen) atoms. The summed E-state index contributed by atoms with van der Waals surface area (Å²) in [6.45, 7) is 2.52. The second kappa shape index (κ2) is 10.6.